The second-order valence-electron chi connectivity index (χ2n) is 6.66. The summed E-state index contributed by atoms with van der Waals surface area (Å²) in [6.07, 6.45) is 1.14. The highest BCUT2D eigenvalue weighted by atomic mass is 32.2. The van der Waals surface area contributed by atoms with Crippen LogP contribution in [0.15, 0.2) is 42.5 Å². The molecule has 2 aromatic rings. The molecular weight excluding hydrogens is 410 g/mol. The number of hydrogen-bond acceptors (Lipinski definition) is 6. The number of amides is 1. The first kappa shape index (κ1) is 23.1. The lowest BCUT2D eigenvalue weighted by Crippen LogP contribution is -2.47. The molecule has 0 aliphatic rings. The van der Waals surface area contributed by atoms with Crippen molar-refractivity contribution < 1.29 is 22.9 Å². The van der Waals surface area contributed by atoms with E-state index in [1.54, 1.807) is 38.1 Å². The fraction of sp³-hybridized carbons (Fsp3) is 0.350. The highest BCUT2D eigenvalue weighted by Gasteiger charge is 2.33. The van der Waals surface area contributed by atoms with Crippen molar-refractivity contribution in [3.05, 3.63) is 58.1 Å². The number of anilines is 2. The lowest BCUT2D eigenvalue weighted by Gasteiger charge is -2.31. The van der Waals surface area contributed by atoms with Crippen LogP contribution in [0.2, 0.25) is 0 Å². The number of non-ortho nitro benzene ring substituents is 1. The molecule has 0 saturated carbocycles. The molecule has 1 amide bonds. The summed E-state index contributed by atoms with van der Waals surface area (Å²) >= 11 is 0. The highest BCUT2D eigenvalue weighted by Crippen LogP contribution is 2.30. The van der Waals surface area contributed by atoms with Gasteiger partial charge in [0.2, 0.25) is 15.9 Å². The second kappa shape index (κ2) is 9.57. The highest BCUT2D eigenvalue weighted by molar-refractivity contribution is 7.92. The van der Waals surface area contributed by atoms with Gasteiger partial charge in [-0.25, -0.2) is 8.42 Å². The fourth-order valence-corrected chi connectivity index (χ4v) is 4.27. The number of benzene rings is 2. The topological polar surface area (TPSA) is 119 Å². The van der Waals surface area contributed by atoms with Crippen LogP contribution in [-0.2, 0) is 14.8 Å². The average molecular weight is 436 g/mol. The molecule has 0 aromatic heterocycles. The van der Waals surface area contributed by atoms with Crippen LogP contribution in [-0.4, -0.2) is 38.2 Å². The van der Waals surface area contributed by atoms with Crippen molar-refractivity contribution in [2.75, 3.05) is 22.5 Å². The van der Waals surface area contributed by atoms with E-state index in [0.717, 1.165) is 10.6 Å². The molecule has 0 aliphatic heterocycles. The fourth-order valence-electron chi connectivity index (χ4n) is 3.01. The first-order valence-corrected chi connectivity index (χ1v) is 11.2. The van der Waals surface area contributed by atoms with Gasteiger partial charge in [-0.2, -0.15) is 0 Å². The molecule has 1 N–H and O–H groups in total. The minimum Gasteiger partial charge on any atom is -0.494 e. The number of carbonyl (C=O) groups excluding carboxylic acids is 1. The third-order valence-electron chi connectivity index (χ3n) is 4.40. The summed E-state index contributed by atoms with van der Waals surface area (Å²) in [4.78, 5) is 23.5. The zero-order valence-corrected chi connectivity index (χ0v) is 18.1. The number of aryl methyl sites for hydroxylation is 1. The van der Waals surface area contributed by atoms with Crippen LogP contribution >= 0.6 is 0 Å². The molecule has 0 aliphatic carbocycles. The van der Waals surface area contributed by atoms with E-state index in [1.807, 2.05) is 6.92 Å². The van der Waals surface area contributed by atoms with Gasteiger partial charge in [0.15, 0.2) is 0 Å². The maximum absolute atomic E-state index is 13.0. The molecule has 0 spiro atoms. The van der Waals surface area contributed by atoms with Crippen molar-refractivity contribution in [1.82, 2.24) is 0 Å². The summed E-state index contributed by atoms with van der Waals surface area (Å²) in [6, 6.07) is 9.52. The standard InChI is InChI=1S/C20H25N3O6S/c1-5-18(20(24)21-15-8-11-17(12-9-15)29-6-2)22(30(4,27)28)19-13-16(23(25)26)10-7-14(19)3/h7-13,18H,5-6H2,1-4H3,(H,21,24)/t18-/m1/s1. The molecule has 0 saturated heterocycles. The Morgan fingerprint density at radius 1 is 1.20 bits per heavy atom. The minimum atomic E-state index is -3.92. The Bertz CT molecular complexity index is 1020. The van der Waals surface area contributed by atoms with Crippen LogP contribution in [0.4, 0.5) is 17.1 Å². The van der Waals surface area contributed by atoms with Gasteiger partial charge in [-0.1, -0.05) is 13.0 Å². The molecule has 30 heavy (non-hydrogen) atoms. The average Bonchev–Trinajstić information content (AvgIpc) is 2.67. The van der Waals surface area contributed by atoms with Crippen molar-refractivity contribution >= 4 is 33.0 Å². The van der Waals surface area contributed by atoms with Crippen molar-refractivity contribution in [3.63, 3.8) is 0 Å². The van der Waals surface area contributed by atoms with Crippen molar-refractivity contribution in [1.29, 1.82) is 0 Å². The molecular formula is C20H25N3O6S. The van der Waals surface area contributed by atoms with Crippen LogP contribution in [0.1, 0.15) is 25.8 Å². The van der Waals surface area contributed by atoms with Gasteiger partial charge < -0.3 is 10.1 Å². The largest absolute Gasteiger partial charge is 0.494 e. The number of rotatable bonds is 9. The number of nitro benzene ring substituents is 1. The summed E-state index contributed by atoms with van der Waals surface area (Å²) in [6.45, 7) is 5.67. The Balaban J connectivity index is 2.41. The Morgan fingerprint density at radius 2 is 1.83 bits per heavy atom. The Hall–Kier alpha value is -3.14. The molecule has 2 rings (SSSR count). The number of nitro groups is 1. The smallest absolute Gasteiger partial charge is 0.271 e. The number of hydrogen-bond donors (Lipinski definition) is 1. The molecule has 0 bridgehead atoms. The van der Waals surface area contributed by atoms with Crippen molar-refractivity contribution in [2.24, 2.45) is 0 Å². The van der Waals surface area contributed by atoms with Crippen LogP contribution < -0.4 is 14.4 Å². The quantitative estimate of drug-likeness (QED) is 0.476. The Morgan fingerprint density at radius 3 is 2.33 bits per heavy atom. The van der Waals surface area contributed by atoms with Gasteiger partial charge in [0.25, 0.3) is 5.69 Å². The van der Waals surface area contributed by atoms with E-state index in [0.29, 0.717) is 23.6 Å². The van der Waals surface area contributed by atoms with E-state index in [1.165, 1.54) is 18.2 Å². The van der Waals surface area contributed by atoms with Gasteiger partial charge in [0.05, 0.1) is 23.5 Å². The monoisotopic (exact) mass is 435 g/mol. The summed E-state index contributed by atoms with van der Waals surface area (Å²) < 4.78 is 31.5. The maximum atomic E-state index is 13.0. The summed E-state index contributed by atoms with van der Waals surface area (Å²) in [7, 11) is -3.92. The zero-order valence-electron chi connectivity index (χ0n) is 17.3. The summed E-state index contributed by atoms with van der Waals surface area (Å²) in [5.74, 6) is 0.102. The van der Waals surface area contributed by atoms with Crippen LogP contribution in [0.25, 0.3) is 0 Å². The van der Waals surface area contributed by atoms with Crippen LogP contribution in [0, 0.1) is 17.0 Å². The third-order valence-corrected chi connectivity index (χ3v) is 5.57. The normalized spacial score (nSPS) is 12.1. The van der Waals surface area contributed by atoms with E-state index in [9.17, 15) is 23.3 Å². The van der Waals surface area contributed by atoms with Gasteiger partial charge in [-0.15, -0.1) is 0 Å². The zero-order chi connectivity index (χ0) is 22.5. The number of ether oxygens (including phenoxy) is 1. The van der Waals surface area contributed by atoms with Gasteiger partial charge in [-0.3, -0.25) is 19.2 Å². The molecule has 2 aromatic carbocycles. The Labute approximate surface area is 175 Å². The summed E-state index contributed by atoms with van der Waals surface area (Å²) in [5, 5.41) is 13.9. The first-order valence-electron chi connectivity index (χ1n) is 9.36. The molecule has 0 fully saturated rings. The van der Waals surface area contributed by atoms with Crippen LogP contribution in [0.3, 0.4) is 0 Å². The maximum Gasteiger partial charge on any atom is 0.271 e. The van der Waals surface area contributed by atoms with Crippen LogP contribution in [0.5, 0.6) is 5.75 Å². The number of sulfonamides is 1. The molecule has 162 valence electrons. The number of carbonyl (C=O) groups is 1. The predicted molar refractivity (Wildman–Crippen MR) is 115 cm³/mol. The second-order valence-corrected chi connectivity index (χ2v) is 8.52. The van der Waals surface area contributed by atoms with E-state index >= 15 is 0 Å². The lowest BCUT2D eigenvalue weighted by atomic mass is 10.1. The van der Waals surface area contributed by atoms with Gasteiger partial charge in [0, 0.05) is 17.8 Å². The molecule has 0 heterocycles. The lowest BCUT2D eigenvalue weighted by molar-refractivity contribution is -0.384. The molecule has 0 radical (unpaired) electrons. The molecule has 10 heteroatoms. The summed E-state index contributed by atoms with van der Waals surface area (Å²) in [5.41, 5.74) is 0.816. The SMILES string of the molecule is CCOc1ccc(NC(=O)[C@@H](CC)N(c2cc([N+](=O)[O-])ccc2C)S(C)(=O)=O)cc1. The van der Waals surface area contributed by atoms with Gasteiger partial charge >= 0.3 is 0 Å². The van der Waals surface area contributed by atoms with E-state index in [-0.39, 0.29) is 17.8 Å². The predicted octanol–water partition coefficient (Wildman–Crippen LogP) is 3.49. The van der Waals surface area contributed by atoms with Crippen molar-refractivity contribution in [2.45, 2.75) is 33.2 Å². The molecule has 1 atom stereocenters. The Kier molecular flexibility index (Phi) is 7.38. The number of nitrogens with zero attached hydrogens (tertiary/aromatic N) is 2. The molecule has 0 unspecified atom stereocenters. The minimum absolute atomic E-state index is 0.0976. The molecule has 9 nitrogen and oxygen atoms in total. The van der Waals surface area contributed by atoms with E-state index in [4.69, 9.17) is 4.74 Å². The van der Waals surface area contributed by atoms with Crippen molar-refractivity contribution in [3.8, 4) is 5.75 Å². The van der Waals surface area contributed by atoms with Gasteiger partial charge in [0.1, 0.15) is 11.8 Å². The first-order chi connectivity index (χ1) is 14.1. The van der Waals surface area contributed by atoms with Gasteiger partial charge in [-0.05, 0) is 50.1 Å². The van der Waals surface area contributed by atoms with E-state index < -0.39 is 26.9 Å². The van der Waals surface area contributed by atoms with E-state index in [2.05, 4.69) is 5.32 Å². The number of nitrogens with one attached hydrogen (secondary N) is 1. The third kappa shape index (κ3) is 5.47.